The summed E-state index contributed by atoms with van der Waals surface area (Å²) >= 11 is 0. The minimum absolute atomic E-state index is 0. The molecule has 0 spiro atoms. The second-order valence-electron chi connectivity index (χ2n) is 31.6. The normalized spacial score (nSPS) is 32.7. The molecule has 4 aliphatic carbocycles. The Balaban J connectivity index is -0.00000488. The second-order valence-corrected chi connectivity index (χ2v) is 44.9. The van der Waals surface area contributed by atoms with Crippen molar-refractivity contribution in [3.63, 3.8) is 0 Å². The molecule has 1 aromatic rings. The molecule has 0 bridgehead atoms. The number of hydrogen-bond donors (Lipinski definition) is 0. The van der Waals surface area contributed by atoms with Crippen molar-refractivity contribution in [2.45, 2.75) is 247 Å². The molecule has 1 aromatic heterocycles. The molecule has 9 rings (SSSR count). The van der Waals surface area contributed by atoms with Crippen molar-refractivity contribution in [2.75, 3.05) is 26.4 Å². The fourth-order valence-electron chi connectivity index (χ4n) is 18.5. The Morgan fingerprint density at radius 1 is 0.350 bits per heavy atom. The van der Waals surface area contributed by atoms with E-state index in [0.29, 0.717) is 54.8 Å². The molecule has 89 heteroatoms. The van der Waals surface area contributed by atoms with E-state index >= 15 is 0 Å². The van der Waals surface area contributed by atoms with Crippen LogP contribution in [0.2, 0.25) is 0 Å². The van der Waals surface area contributed by atoms with Gasteiger partial charge in [-0.15, -0.1) is 5.10 Å². The predicted molar refractivity (Wildman–Crippen MR) is 380 cm³/mol. The van der Waals surface area contributed by atoms with Crippen molar-refractivity contribution < 1.29 is 645 Å². The SMILES string of the molecule is CC(C)CCC[C@@H](C)[C@H]1CC[C@H]2[C@@H]3CC[C@H]4C[C@@H](OCc5cn([C@@H]6O[C@H](COS(=O)(=O)[O-])[C@@H](O[C@H]7O[C@H](COS(=O)(=O)[O-])[C@@H](O[C@H]8O[C@H](COS(=O)(=O)[O-])[C@@H](O[C@H]9O[C@H](COS(=O)(=O)[O-])[C@@H](OS(=O)(=O)[O-])[C@H](OS(=O)(=O)[O-])[C@H]9OS(=O)(=O)[O-])[C@H](OS(=O)(=O)[O-])[C@H]8OS(=O)(=O)[O-])[C@H](OS(=O)(=O)[O-])[C@H]7OS(=O)(=O)[O-])[C@H](OS(=O)(=O)[O-])[C@H]6OS(=O)(=O)[O-])nn5)CC[C@]4(C)[C@H]3CC[C@]12C.[Na+].[Na+].[Na+].[Na+].[Na+].[Na+].[Na+].[Na+].[Na+].[Na+].[Na+].[Na+].[Na+]. The van der Waals surface area contributed by atoms with Gasteiger partial charge in [0.2, 0.25) is 135 Å². The first-order valence-corrected chi connectivity index (χ1v) is 54.5. The summed E-state index contributed by atoms with van der Waals surface area (Å²) in [5.74, 6) is 3.23. The van der Waals surface area contributed by atoms with Gasteiger partial charge in [-0.2, -0.15) is 0 Å². The van der Waals surface area contributed by atoms with E-state index in [1.54, 1.807) is 0 Å². The zero-order valence-corrected chi connectivity index (χ0v) is 116. The van der Waals surface area contributed by atoms with Crippen LogP contribution in [0.3, 0.4) is 0 Å². The first-order valence-electron chi connectivity index (χ1n) is 37.2. The van der Waals surface area contributed by atoms with Gasteiger partial charge in [-0.1, -0.05) is 59.1 Å². The second kappa shape index (κ2) is 65.0. The third-order valence-electron chi connectivity index (χ3n) is 22.9. The topological polar surface area (TPSA) is 968 Å². The molecule has 0 N–H and O–H groups in total. The molecule has 4 saturated heterocycles. The number of fused-ring (bicyclic) bond motifs is 5. The number of aromatic nitrogens is 3. The average molecular weight is 2440 g/mol. The maximum atomic E-state index is 13.0. The van der Waals surface area contributed by atoms with Crippen molar-refractivity contribution in [1.29, 1.82) is 0 Å². The van der Waals surface area contributed by atoms with Gasteiger partial charge < -0.3 is 97.1 Å². The summed E-state index contributed by atoms with van der Waals surface area (Å²) in [6, 6.07) is 0. The molecule has 5 heterocycles. The number of hydrogen-bond acceptors (Lipinski definition) is 62. The first kappa shape index (κ1) is 162. The van der Waals surface area contributed by atoms with Gasteiger partial charge in [-0.25, -0.2) is 114 Å². The molecule has 0 aromatic carbocycles. The van der Waals surface area contributed by atoms with Gasteiger partial charge in [0.25, 0.3) is 0 Å². The van der Waals surface area contributed by atoms with Gasteiger partial charge in [-0.05, 0) is 110 Å². The first-order chi connectivity index (χ1) is 58.9. The third-order valence-corrected chi connectivity index (χ3v) is 28.7. The summed E-state index contributed by atoms with van der Waals surface area (Å²) in [5.41, 5.74) is -0.245. The van der Waals surface area contributed by atoms with Crippen molar-refractivity contribution in [1.82, 2.24) is 15.0 Å². The zero-order chi connectivity index (χ0) is 97.8. The Kier molecular flexibility index (Phi) is 73.5. The fraction of sp³-hybridized carbons (Fsp3) is 0.963. The molecule has 143 heavy (non-hydrogen) atoms. The molecule has 0 amide bonds. The monoisotopic (exact) mass is 2440 g/mol. The van der Waals surface area contributed by atoms with E-state index < -0.39 is 297 Å². The average Bonchev–Trinajstić information content (AvgIpc) is 1.59. The standard InChI is InChI=1S/C54H91N3O60S13.13Na/c1-24(2)7-6-8-25(3)30-11-12-31-29-10-9-26-17-28(13-15-53(26,4)32(29)14-16-54(30,31)5)97-19-27-18-57(56-55-27)49-45(114-127(85,86)87)41(110-123(73,74)75)37(33(102-49)20-98-118(58,59)60)106-50-46(115-128(88,89)90)42(111-124(76,77)78)38(34(103-50)21-99-119(61,62)63)107-51-47(116-129(91,92)93)43(112-125(79,80)81)39(35(104-51)22-100-120(64,65)66)108-52-48(117-130(94,95)96)44(113-126(82,83)84)40(109-122(70,71)72)36(105-52)23-101-121(67,68)69;;;;;;;;;;;;;/h18,24-26,28-52H,6-17,19-23H2,1-5H3,(H,58,59,60)(H,61,62,63)(H,64,65,66)(H,67,68,69)(H,70,71,72)(H,73,74,75)(H,76,77,78)(H,79,80,81)(H,82,83,84)(H,85,86,87)(H,88,89,90)(H,91,92,93)(H,94,95,96);;;;;;;;;;;;;/q;13*+1/p-13/t25-,26+,28+,29+,30-,31+,32+,33-,34-,35-,36-,37-,38-,39-,40-,41+,42+,43+,44+,45-,46-,47-,48-,49-,50-,51-,52-,53+,54-;;;;;;;;;;;;;/m1............./s1. The summed E-state index contributed by atoms with van der Waals surface area (Å²) in [4.78, 5) is 0. The van der Waals surface area contributed by atoms with Crippen molar-refractivity contribution in [2.24, 2.45) is 52.3 Å². The summed E-state index contributed by atoms with van der Waals surface area (Å²) in [6.45, 7) is 1.32. The van der Waals surface area contributed by atoms with E-state index in [4.69, 9.17) is 37.9 Å². The summed E-state index contributed by atoms with van der Waals surface area (Å²) in [7, 11) is -88.2. The van der Waals surface area contributed by atoms with E-state index in [9.17, 15) is 169 Å². The Bertz CT molecular complexity index is 5780. The minimum atomic E-state index is -7.14. The predicted octanol–water partition coefficient (Wildman–Crippen LogP) is -46.9. The molecule has 8 fully saturated rings. The molecule has 4 saturated carbocycles. The largest absolute Gasteiger partial charge is 1.00 e. The third kappa shape index (κ3) is 51.9. The fourth-order valence-corrected chi connectivity index (χ4v) is 24.0. The van der Waals surface area contributed by atoms with Crippen molar-refractivity contribution in [3.8, 4) is 0 Å². The van der Waals surface area contributed by atoms with E-state index in [1.807, 2.05) is 0 Å². The van der Waals surface area contributed by atoms with Gasteiger partial charge in [0.05, 0.1) is 45.3 Å². The Labute approximate surface area is 1110 Å². The number of ether oxygens (including phenoxy) is 8. The van der Waals surface area contributed by atoms with Crippen LogP contribution in [-0.2, 0) is 234 Å². The summed E-state index contributed by atoms with van der Waals surface area (Å²) < 4.78 is 585. The molecular formula is C54H78N3Na13O60S13. The summed E-state index contributed by atoms with van der Waals surface area (Å²) in [6.07, 6.45) is -63.3. The van der Waals surface area contributed by atoms with Gasteiger partial charge in [0.15, 0.2) is 49.5 Å². The molecule has 63 nitrogen and oxygen atoms in total. The van der Waals surface area contributed by atoms with Crippen molar-refractivity contribution in [3.05, 3.63) is 11.9 Å². The molecule has 8 aliphatic rings. The molecule has 29 atom stereocenters. The van der Waals surface area contributed by atoms with Crippen LogP contribution in [0.4, 0.5) is 0 Å². The van der Waals surface area contributed by atoms with Crippen LogP contribution in [0.25, 0.3) is 0 Å². The van der Waals surface area contributed by atoms with E-state index in [-0.39, 0.29) is 411 Å². The molecule has 4 aliphatic heterocycles. The van der Waals surface area contributed by atoms with Crippen LogP contribution >= 0.6 is 0 Å². The van der Waals surface area contributed by atoms with Crippen molar-refractivity contribution >= 4 is 135 Å². The maximum Gasteiger partial charge on any atom is 1.00 e. The number of rotatable bonds is 45. The molecule has 0 radical (unpaired) electrons. The number of nitrogens with zero attached hydrogens (tertiary/aromatic N) is 3. The van der Waals surface area contributed by atoms with Crippen LogP contribution in [-0.4, -0.2) is 333 Å². The van der Waals surface area contributed by atoms with E-state index in [1.165, 1.54) is 0 Å². The van der Waals surface area contributed by atoms with Gasteiger partial charge in [0, 0.05) is 0 Å². The zero-order valence-electron chi connectivity index (χ0n) is 79.4. The quantitative estimate of drug-likeness (QED) is 0.0332. The van der Waals surface area contributed by atoms with Gasteiger partial charge in [0.1, 0.15) is 78.9 Å². The minimum Gasteiger partial charge on any atom is -0.726 e. The van der Waals surface area contributed by atoms with Gasteiger partial charge >= 0.3 is 384 Å². The molecule has 760 valence electrons. The van der Waals surface area contributed by atoms with E-state index in [2.05, 4.69) is 99.3 Å². The summed E-state index contributed by atoms with van der Waals surface area (Å²) in [5, 5.41) is 7.62. The van der Waals surface area contributed by atoms with Crippen LogP contribution in [0.1, 0.15) is 124 Å². The molecule has 0 unspecified atom stereocenters. The Morgan fingerprint density at radius 3 is 0.993 bits per heavy atom. The van der Waals surface area contributed by atoms with Crippen LogP contribution < -0.4 is 384 Å². The van der Waals surface area contributed by atoms with E-state index in [0.717, 1.165) is 64.0 Å². The van der Waals surface area contributed by atoms with Gasteiger partial charge in [-0.3, -0.25) is 54.4 Å². The molecular weight excluding hydrogens is 2370 g/mol. The smallest absolute Gasteiger partial charge is 0.726 e. The Morgan fingerprint density at radius 2 is 0.650 bits per heavy atom. The Hall–Kier alpha value is 10.1. The van der Waals surface area contributed by atoms with Crippen LogP contribution in [0, 0.1) is 52.3 Å². The van der Waals surface area contributed by atoms with Crippen LogP contribution in [0.5, 0.6) is 0 Å². The van der Waals surface area contributed by atoms with Crippen LogP contribution in [0.15, 0.2) is 6.20 Å². The maximum absolute atomic E-state index is 13.0.